The average molecular weight is 402 g/mol. The molecule has 2 aromatic carbocycles. The quantitative estimate of drug-likeness (QED) is 0.443. The molecular weight excluding hydrogens is 374 g/mol. The molecule has 2 aromatic rings. The summed E-state index contributed by atoms with van der Waals surface area (Å²) in [5.74, 6) is -1.51. The fourth-order valence-corrected chi connectivity index (χ4v) is 2.99. The number of guanidine groups is 1. The molecule has 6 heteroatoms. The van der Waals surface area contributed by atoms with Gasteiger partial charge in [-0.2, -0.15) is 0 Å². The largest absolute Gasteiger partial charge is 0.369 e. The van der Waals surface area contributed by atoms with Crippen molar-refractivity contribution in [2.75, 3.05) is 0 Å². The average Bonchev–Trinajstić information content (AvgIpc) is 2.60. The lowest BCUT2D eigenvalue weighted by molar-refractivity contribution is 0.0711. The van der Waals surface area contributed by atoms with Gasteiger partial charge >= 0.3 is 0 Å². The number of hydrogen-bond donors (Lipinski definition) is 2. The number of halogens is 1. The fourth-order valence-electron chi connectivity index (χ4n) is 2.99. The number of imide groups is 1. The van der Waals surface area contributed by atoms with Crippen molar-refractivity contribution in [2.45, 2.75) is 46.0 Å². The zero-order valence-electron chi connectivity index (χ0n) is 16.9. The number of nitrogens with two attached hydrogens (primary N) is 1. The summed E-state index contributed by atoms with van der Waals surface area (Å²) in [5, 5.41) is 7.76. The highest BCUT2D eigenvalue weighted by molar-refractivity contribution is 6.20. The van der Waals surface area contributed by atoms with Crippen LogP contribution >= 0.6 is 12.4 Å². The summed E-state index contributed by atoms with van der Waals surface area (Å²) in [6, 6.07) is 13.8. The zero-order valence-corrected chi connectivity index (χ0v) is 17.8. The minimum atomic E-state index is -0.613. The second-order valence-corrected chi connectivity index (χ2v) is 7.90. The van der Waals surface area contributed by atoms with Gasteiger partial charge in [-0.1, -0.05) is 58.9 Å². The first-order valence-corrected chi connectivity index (χ1v) is 8.96. The second-order valence-electron chi connectivity index (χ2n) is 7.90. The molecule has 0 saturated carbocycles. The summed E-state index contributed by atoms with van der Waals surface area (Å²) < 4.78 is 0. The molecule has 2 rings (SSSR count). The van der Waals surface area contributed by atoms with Crippen molar-refractivity contribution in [2.24, 2.45) is 5.73 Å². The number of nitrogens with zero attached hydrogens (tertiary/aromatic N) is 1. The molecule has 0 aliphatic heterocycles. The van der Waals surface area contributed by atoms with Crippen LogP contribution in [-0.4, -0.2) is 22.7 Å². The van der Waals surface area contributed by atoms with E-state index < -0.39 is 17.8 Å². The first kappa shape index (κ1) is 23.4. The molecule has 0 saturated heterocycles. The van der Waals surface area contributed by atoms with Crippen LogP contribution in [0.15, 0.2) is 48.5 Å². The van der Waals surface area contributed by atoms with Gasteiger partial charge in [-0.05, 0) is 46.7 Å². The Morgan fingerprint density at radius 2 is 1.50 bits per heavy atom. The number of benzene rings is 2. The van der Waals surface area contributed by atoms with Crippen LogP contribution in [0.2, 0.25) is 0 Å². The molecule has 0 aliphatic carbocycles. The first-order valence-electron chi connectivity index (χ1n) is 8.96. The van der Waals surface area contributed by atoms with Gasteiger partial charge in [-0.15, -0.1) is 12.4 Å². The van der Waals surface area contributed by atoms with Gasteiger partial charge < -0.3 is 5.73 Å². The molecule has 0 unspecified atom stereocenters. The van der Waals surface area contributed by atoms with Gasteiger partial charge in [0.05, 0.1) is 0 Å². The molecule has 3 N–H and O–H groups in total. The van der Waals surface area contributed by atoms with E-state index in [0.29, 0.717) is 21.9 Å². The van der Waals surface area contributed by atoms with Crippen molar-refractivity contribution in [1.82, 2.24) is 4.90 Å². The van der Waals surface area contributed by atoms with Crippen LogP contribution in [0.3, 0.4) is 0 Å². The normalized spacial score (nSPS) is 10.9. The predicted octanol–water partition coefficient (Wildman–Crippen LogP) is 4.71. The maximum absolute atomic E-state index is 13.0. The topological polar surface area (TPSA) is 87.2 Å². The Labute approximate surface area is 172 Å². The van der Waals surface area contributed by atoms with Crippen LogP contribution in [0, 0.1) is 5.41 Å². The molecule has 2 amide bonds. The molecule has 28 heavy (non-hydrogen) atoms. The monoisotopic (exact) mass is 401 g/mol. The van der Waals surface area contributed by atoms with E-state index in [0.717, 1.165) is 11.1 Å². The third-order valence-corrected chi connectivity index (χ3v) is 4.40. The van der Waals surface area contributed by atoms with E-state index in [1.54, 1.807) is 36.4 Å². The lowest BCUT2D eigenvalue weighted by Crippen LogP contribution is -2.45. The van der Waals surface area contributed by atoms with E-state index >= 15 is 0 Å². The van der Waals surface area contributed by atoms with E-state index in [9.17, 15) is 9.59 Å². The van der Waals surface area contributed by atoms with Crippen molar-refractivity contribution in [3.63, 3.8) is 0 Å². The SMILES string of the molecule is CC(C)c1ccc(C(=O)N(C(=N)N)C(=O)c2ccccc2)cc1C(C)(C)C.Cl. The highest BCUT2D eigenvalue weighted by Crippen LogP contribution is 2.31. The number of nitrogens with one attached hydrogen (secondary N) is 1. The molecule has 0 spiro atoms. The molecule has 0 heterocycles. The van der Waals surface area contributed by atoms with E-state index in [1.807, 2.05) is 12.1 Å². The maximum Gasteiger partial charge on any atom is 0.267 e. The summed E-state index contributed by atoms with van der Waals surface area (Å²) >= 11 is 0. The molecule has 0 aliphatic rings. The Morgan fingerprint density at radius 3 is 1.96 bits per heavy atom. The Hall–Kier alpha value is -2.66. The van der Waals surface area contributed by atoms with E-state index in [4.69, 9.17) is 11.1 Å². The smallest absolute Gasteiger partial charge is 0.267 e. The third kappa shape index (κ3) is 4.98. The van der Waals surface area contributed by atoms with Gasteiger partial charge in [0.2, 0.25) is 5.96 Å². The summed E-state index contributed by atoms with van der Waals surface area (Å²) in [6.07, 6.45) is 0. The van der Waals surface area contributed by atoms with Crippen molar-refractivity contribution >= 4 is 30.2 Å². The zero-order chi connectivity index (χ0) is 20.4. The van der Waals surface area contributed by atoms with Crippen molar-refractivity contribution in [3.05, 3.63) is 70.8 Å². The van der Waals surface area contributed by atoms with Crippen LogP contribution in [0.4, 0.5) is 0 Å². The lowest BCUT2D eigenvalue weighted by atomic mass is 9.80. The summed E-state index contributed by atoms with van der Waals surface area (Å²) in [6.45, 7) is 10.5. The predicted molar refractivity (Wildman–Crippen MR) is 115 cm³/mol. The van der Waals surface area contributed by atoms with Gasteiger partial charge in [-0.3, -0.25) is 15.0 Å². The van der Waals surface area contributed by atoms with Crippen LogP contribution in [0.5, 0.6) is 0 Å². The molecule has 0 atom stereocenters. The molecular formula is C22H28ClN3O2. The summed E-state index contributed by atoms with van der Waals surface area (Å²) in [7, 11) is 0. The summed E-state index contributed by atoms with van der Waals surface area (Å²) in [5.41, 5.74) is 8.25. The number of rotatable bonds is 3. The maximum atomic E-state index is 13.0. The third-order valence-electron chi connectivity index (χ3n) is 4.40. The van der Waals surface area contributed by atoms with Gasteiger partial charge in [0, 0.05) is 11.1 Å². The lowest BCUT2D eigenvalue weighted by Gasteiger charge is -2.26. The fraction of sp³-hybridized carbons (Fsp3) is 0.318. The Morgan fingerprint density at radius 1 is 0.964 bits per heavy atom. The van der Waals surface area contributed by atoms with Crippen LogP contribution in [-0.2, 0) is 5.41 Å². The molecule has 150 valence electrons. The highest BCUT2D eigenvalue weighted by atomic mass is 35.5. The standard InChI is InChI=1S/C22H27N3O2.ClH/c1-14(2)17-12-11-16(13-18(17)22(3,4)5)20(27)25(21(23)24)19(26)15-9-7-6-8-10-15;/h6-14H,1-5H3,(H3,23,24);1H. The van der Waals surface area contributed by atoms with E-state index in [-0.39, 0.29) is 17.8 Å². The highest BCUT2D eigenvalue weighted by Gasteiger charge is 2.28. The molecule has 0 radical (unpaired) electrons. The van der Waals surface area contributed by atoms with Crippen molar-refractivity contribution in [3.8, 4) is 0 Å². The van der Waals surface area contributed by atoms with Crippen molar-refractivity contribution in [1.29, 1.82) is 5.41 Å². The number of carbonyl (C=O) groups is 2. The Balaban J connectivity index is 0.00000392. The van der Waals surface area contributed by atoms with Gasteiger partial charge in [-0.25, -0.2) is 4.90 Å². The van der Waals surface area contributed by atoms with Gasteiger partial charge in [0.15, 0.2) is 0 Å². The molecule has 0 fully saturated rings. The molecule has 0 bridgehead atoms. The molecule has 0 aromatic heterocycles. The minimum absolute atomic E-state index is 0. The van der Waals surface area contributed by atoms with E-state index in [2.05, 4.69) is 34.6 Å². The van der Waals surface area contributed by atoms with Crippen molar-refractivity contribution < 1.29 is 9.59 Å². The van der Waals surface area contributed by atoms with Crippen LogP contribution in [0.25, 0.3) is 0 Å². The number of hydrogen-bond acceptors (Lipinski definition) is 3. The summed E-state index contributed by atoms with van der Waals surface area (Å²) in [4.78, 5) is 26.5. The molecule has 5 nitrogen and oxygen atoms in total. The van der Waals surface area contributed by atoms with E-state index in [1.165, 1.54) is 0 Å². The minimum Gasteiger partial charge on any atom is -0.369 e. The number of amides is 2. The number of carbonyl (C=O) groups excluding carboxylic acids is 2. The van der Waals surface area contributed by atoms with Crippen LogP contribution < -0.4 is 5.73 Å². The van der Waals surface area contributed by atoms with Crippen LogP contribution in [0.1, 0.15) is 72.4 Å². The second kappa shape index (κ2) is 9.02. The first-order chi connectivity index (χ1) is 12.5. The Bertz CT molecular complexity index is 871. The van der Waals surface area contributed by atoms with Gasteiger partial charge in [0.25, 0.3) is 11.8 Å². The van der Waals surface area contributed by atoms with Gasteiger partial charge in [0.1, 0.15) is 0 Å². The Kier molecular flexibility index (Phi) is 7.53.